The molecular formula is C23H24N4O5. The highest BCUT2D eigenvalue weighted by molar-refractivity contribution is 6.04. The molecule has 1 atom stereocenters. The maximum absolute atomic E-state index is 13.2. The van der Waals surface area contributed by atoms with Gasteiger partial charge in [-0.3, -0.25) is 14.9 Å². The van der Waals surface area contributed by atoms with Crippen molar-refractivity contribution in [1.82, 2.24) is 20.4 Å². The quantitative estimate of drug-likeness (QED) is 0.573. The van der Waals surface area contributed by atoms with Crippen molar-refractivity contribution in [3.8, 4) is 0 Å². The molecule has 0 saturated carbocycles. The Morgan fingerprint density at radius 1 is 1.00 bits per heavy atom. The van der Waals surface area contributed by atoms with Crippen molar-refractivity contribution in [2.24, 2.45) is 5.92 Å². The fraction of sp³-hybridized carbons (Fsp3) is 0.261. The van der Waals surface area contributed by atoms with E-state index in [4.69, 9.17) is 4.74 Å². The third-order valence-corrected chi connectivity index (χ3v) is 4.63. The summed E-state index contributed by atoms with van der Waals surface area (Å²) >= 11 is 0. The normalized spacial score (nSPS) is 11.8. The molecule has 0 aliphatic carbocycles. The summed E-state index contributed by atoms with van der Waals surface area (Å²) in [6, 6.07) is 14.2. The highest BCUT2D eigenvalue weighted by Crippen LogP contribution is 2.22. The van der Waals surface area contributed by atoms with E-state index in [-0.39, 0.29) is 17.2 Å². The van der Waals surface area contributed by atoms with Gasteiger partial charge in [-0.2, -0.15) is 5.10 Å². The number of urea groups is 1. The summed E-state index contributed by atoms with van der Waals surface area (Å²) in [6.07, 6.45) is -1.40. The highest BCUT2D eigenvalue weighted by Gasteiger charge is 2.29. The van der Waals surface area contributed by atoms with Gasteiger partial charge >= 0.3 is 12.0 Å². The Balaban J connectivity index is 2.04. The SMILES string of the molecule is CNC(=O)NC(=O)C(OC(=O)c1nn(CC(C)C)c(=O)c2ccccc12)c1ccccc1. The molecule has 1 aromatic heterocycles. The Morgan fingerprint density at radius 2 is 1.62 bits per heavy atom. The lowest BCUT2D eigenvalue weighted by atomic mass is 10.1. The van der Waals surface area contributed by atoms with Crippen LogP contribution in [0.4, 0.5) is 4.79 Å². The summed E-state index contributed by atoms with van der Waals surface area (Å²) in [5, 5.41) is 9.29. The van der Waals surface area contributed by atoms with E-state index in [0.29, 0.717) is 22.9 Å². The molecule has 1 unspecified atom stereocenters. The van der Waals surface area contributed by atoms with Crippen LogP contribution >= 0.6 is 0 Å². The van der Waals surface area contributed by atoms with E-state index in [1.807, 2.05) is 13.8 Å². The van der Waals surface area contributed by atoms with Gasteiger partial charge in [-0.15, -0.1) is 0 Å². The summed E-state index contributed by atoms with van der Waals surface area (Å²) in [4.78, 5) is 50.3. The van der Waals surface area contributed by atoms with E-state index >= 15 is 0 Å². The van der Waals surface area contributed by atoms with Crippen LogP contribution in [0.2, 0.25) is 0 Å². The number of imide groups is 1. The van der Waals surface area contributed by atoms with Crippen LogP contribution in [0, 0.1) is 5.92 Å². The molecule has 0 fully saturated rings. The number of ether oxygens (including phenoxy) is 1. The van der Waals surface area contributed by atoms with Gasteiger partial charge in [-0.05, 0) is 12.0 Å². The average molecular weight is 436 g/mol. The van der Waals surface area contributed by atoms with Gasteiger partial charge in [0.1, 0.15) is 0 Å². The third-order valence-electron chi connectivity index (χ3n) is 4.63. The first-order valence-electron chi connectivity index (χ1n) is 10.1. The number of aromatic nitrogens is 2. The second kappa shape index (κ2) is 9.86. The molecule has 2 N–H and O–H groups in total. The monoisotopic (exact) mass is 436 g/mol. The zero-order chi connectivity index (χ0) is 23.3. The number of carbonyl (C=O) groups excluding carboxylic acids is 3. The first-order chi connectivity index (χ1) is 15.3. The maximum atomic E-state index is 13.2. The van der Waals surface area contributed by atoms with Crippen molar-refractivity contribution in [3.63, 3.8) is 0 Å². The summed E-state index contributed by atoms with van der Waals surface area (Å²) in [5.74, 6) is -1.59. The number of esters is 1. The topological polar surface area (TPSA) is 119 Å². The summed E-state index contributed by atoms with van der Waals surface area (Å²) in [5.41, 5.74) is -0.0283. The predicted molar refractivity (Wildman–Crippen MR) is 118 cm³/mol. The molecule has 2 aromatic carbocycles. The largest absolute Gasteiger partial charge is 0.442 e. The zero-order valence-corrected chi connectivity index (χ0v) is 18.0. The molecule has 9 nitrogen and oxygen atoms in total. The summed E-state index contributed by atoms with van der Waals surface area (Å²) in [6.45, 7) is 4.16. The van der Waals surface area contributed by atoms with E-state index in [9.17, 15) is 19.2 Å². The number of amides is 3. The first kappa shape index (κ1) is 22.7. The highest BCUT2D eigenvalue weighted by atomic mass is 16.5. The van der Waals surface area contributed by atoms with Gasteiger partial charge in [-0.25, -0.2) is 14.3 Å². The minimum Gasteiger partial charge on any atom is -0.442 e. The number of fused-ring (bicyclic) bond motifs is 1. The van der Waals surface area contributed by atoms with Crippen molar-refractivity contribution < 1.29 is 19.1 Å². The molecular weight excluding hydrogens is 412 g/mol. The van der Waals surface area contributed by atoms with Crippen molar-refractivity contribution in [2.45, 2.75) is 26.5 Å². The molecule has 0 bridgehead atoms. The van der Waals surface area contributed by atoms with Crippen LogP contribution in [0.5, 0.6) is 0 Å². The molecule has 0 aliphatic heterocycles. The minimum absolute atomic E-state index is 0.0884. The Morgan fingerprint density at radius 3 is 2.25 bits per heavy atom. The number of nitrogens with zero attached hydrogens (tertiary/aromatic N) is 2. The fourth-order valence-electron chi connectivity index (χ4n) is 3.16. The number of benzene rings is 2. The Bertz CT molecular complexity index is 1200. The van der Waals surface area contributed by atoms with E-state index in [2.05, 4.69) is 15.7 Å². The van der Waals surface area contributed by atoms with Crippen LogP contribution in [0.1, 0.15) is 36.0 Å². The summed E-state index contributed by atoms with van der Waals surface area (Å²) in [7, 11) is 1.36. The predicted octanol–water partition coefficient (Wildman–Crippen LogP) is 2.41. The molecule has 0 saturated heterocycles. The molecule has 0 aliphatic rings. The van der Waals surface area contributed by atoms with E-state index in [1.165, 1.54) is 11.7 Å². The molecule has 9 heteroatoms. The molecule has 0 radical (unpaired) electrons. The maximum Gasteiger partial charge on any atom is 0.360 e. The molecule has 3 amide bonds. The number of nitrogens with one attached hydrogen (secondary N) is 2. The van der Waals surface area contributed by atoms with E-state index in [1.54, 1.807) is 54.6 Å². The Kier molecular flexibility index (Phi) is 6.99. The van der Waals surface area contributed by atoms with Gasteiger partial charge in [0.25, 0.3) is 11.5 Å². The van der Waals surface area contributed by atoms with Crippen LogP contribution in [-0.2, 0) is 16.1 Å². The first-order valence-corrected chi connectivity index (χ1v) is 10.1. The van der Waals surface area contributed by atoms with Crippen molar-refractivity contribution >= 4 is 28.7 Å². The summed E-state index contributed by atoms with van der Waals surface area (Å²) < 4.78 is 6.76. The average Bonchev–Trinajstić information content (AvgIpc) is 2.79. The van der Waals surface area contributed by atoms with Gasteiger partial charge in [0.05, 0.1) is 5.39 Å². The number of hydrogen-bond donors (Lipinski definition) is 2. The van der Waals surface area contributed by atoms with E-state index in [0.717, 1.165) is 0 Å². The molecule has 0 spiro atoms. The molecule has 1 heterocycles. The van der Waals surface area contributed by atoms with Gasteiger partial charge in [0.15, 0.2) is 5.69 Å². The van der Waals surface area contributed by atoms with Gasteiger partial charge < -0.3 is 10.1 Å². The lowest BCUT2D eigenvalue weighted by molar-refractivity contribution is -0.129. The second-order valence-corrected chi connectivity index (χ2v) is 7.54. The minimum atomic E-state index is -1.40. The van der Waals surface area contributed by atoms with Crippen LogP contribution in [0.3, 0.4) is 0 Å². The number of carbonyl (C=O) groups is 3. The lowest BCUT2D eigenvalue weighted by Crippen LogP contribution is -2.41. The third kappa shape index (κ3) is 5.00. The van der Waals surface area contributed by atoms with Crippen LogP contribution in [0.15, 0.2) is 59.4 Å². The Hall–Kier alpha value is -4.01. The standard InChI is InChI=1S/C23H24N4O5/c1-14(2)13-27-21(29)17-12-8-7-11-16(17)18(26-27)22(30)32-19(15-9-5-4-6-10-15)20(28)25-23(31)24-3/h4-12,14,19H,13H2,1-3H3,(H2,24,25,28,31). The van der Waals surface area contributed by atoms with Crippen molar-refractivity contribution in [3.05, 3.63) is 76.2 Å². The Labute approximate surface area is 184 Å². The number of rotatable bonds is 6. The van der Waals surface area contributed by atoms with Crippen molar-refractivity contribution in [2.75, 3.05) is 7.05 Å². The van der Waals surface area contributed by atoms with E-state index < -0.39 is 24.0 Å². The second-order valence-electron chi connectivity index (χ2n) is 7.54. The zero-order valence-electron chi connectivity index (χ0n) is 18.0. The molecule has 3 rings (SSSR count). The molecule has 32 heavy (non-hydrogen) atoms. The number of hydrogen-bond acceptors (Lipinski definition) is 6. The smallest absolute Gasteiger partial charge is 0.360 e. The van der Waals surface area contributed by atoms with Crippen molar-refractivity contribution in [1.29, 1.82) is 0 Å². The van der Waals surface area contributed by atoms with Crippen LogP contribution in [-0.4, -0.2) is 34.7 Å². The molecule has 3 aromatic rings. The van der Waals surface area contributed by atoms with Gasteiger partial charge in [-0.1, -0.05) is 62.4 Å². The lowest BCUT2D eigenvalue weighted by Gasteiger charge is -2.18. The van der Waals surface area contributed by atoms with Crippen LogP contribution in [0.25, 0.3) is 10.8 Å². The molecule has 166 valence electrons. The van der Waals surface area contributed by atoms with Crippen LogP contribution < -0.4 is 16.2 Å². The van der Waals surface area contributed by atoms with Gasteiger partial charge in [0, 0.05) is 24.5 Å². The fourth-order valence-corrected chi connectivity index (χ4v) is 3.16. The van der Waals surface area contributed by atoms with Gasteiger partial charge in [0.2, 0.25) is 6.10 Å².